The molecule has 0 bridgehead atoms. The van der Waals surface area contributed by atoms with Crippen LogP contribution in [0.3, 0.4) is 0 Å². The summed E-state index contributed by atoms with van der Waals surface area (Å²) in [5, 5.41) is 10.6. The molecule has 1 aliphatic rings. The van der Waals surface area contributed by atoms with Crippen LogP contribution < -0.4 is 24.7 Å². The second kappa shape index (κ2) is 12.5. The Hall–Kier alpha value is -4.93. The highest BCUT2D eigenvalue weighted by Crippen LogP contribution is 2.45. The third kappa shape index (κ3) is 6.46. The van der Waals surface area contributed by atoms with E-state index in [0.717, 1.165) is 16.7 Å². The molecule has 0 saturated carbocycles. The van der Waals surface area contributed by atoms with Crippen LogP contribution in [0.5, 0.6) is 23.0 Å². The Kier molecular flexibility index (Phi) is 8.42. The van der Waals surface area contributed by atoms with Crippen molar-refractivity contribution in [3.05, 3.63) is 130 Å². The Morgan fingerprint density at radius 2 is 1.73 bits per heavy atom. The molecule has 1 heterocycles. The van der Waals surface area contributed by atoms with Crippen LogP contribution in [0, 0.1) is 11.3 Å². The van der Waals surface area contributed by atoms with E-state index in [0.29, 0.717) is 46.8 Å². The van der Waals surface area contributed by atoms with Crippen molar-refractivity contribution in [1.29, 1.82) is 5.26 Å². The predicted molar refractivity (Wildman–Crippen MR) is 155 cm³/mol. The Balaban J connectivity index is 1.41. The SMILES string of the molecule is CCOc1cc(C2C(C#N)=C(N)Oc3cc(OC(=O)Cc4ccccc4)ccc32)ccc1OCc1ccc(Cl)cc1. The highest BCUT2D eigenvalue weighted by atomic mass is 35.5. The first-order valence-electron chi connectivity index (χ1n) is 13.0. The van der Waals surface area contributed by atoms with Gasteiger partial charge in [0.2, 0.25) is 5.88 Å². The van der Waals surface area contributed by atoms with E-state index in [2.05, 4.69) is 6.07 Å². The third-order valence-electron chi connectivity index (χ3n) is 6.52. The minimum absolute atomic E-state index is 0.0150. The fraction of sp³-hybridized carbons (Fsp3) is 0.152. The third-order valence-corrected chi connectivity index (χ3v) is 6.77. The summed E-state index contributed by atoms with van der Waals surface area (Å²) < 4.78 is 23.3. The predicted octanol–water partition coefficient (Wildman–Crippen LogP) is 6.68. The van der Waals surface area contributed by atoms with Crippen LogP contribution in [0.15, 0.2) is 102 Å². The average Bonchev–Trinajstić information content (AvgIpc) is 2.97. The highest BCUT2D eigenvalue weighted by molar-refractivity contribution is 6.30. The normalized spacial score (nSPS) is 13.9. The van der Waals surface area contributed by atoms with Crippen LogP contribution in [0.1, 0.15) is 35.1 Å². The fourth-order valence-corrected chi connectivity index (χ4v) is 4.73. The largest absolute Gasteiger partial charge is 0.490 e. The minimum Gasteiger partial charge on any atom is -0.490 e. The van der Waals surface area contributed by atoms with Gasteiger partial charge >= 0.3 is 5.97 Å². The van der Waals surface area contributed by atoms with Crippen molar-refractivity contribution in [3.8, 4) is 29.1 Å². The number of nitrogens with two attached hydrogens (primary N) is 1. The summed E-state index contributed by atoms with van der Waals surface area (Å²) in [6, 6.07) is 29.6. The Labute approximate surface area is 243 Å². The Bertz CT molecular complexity index is 1630. The second-order valence-corrected chi connectivity index (χ2v) is 9.75. The lowest BCUT2D eigenvalue weighted by Crippen LogP contribution is -2.21. The maximum atomic E-state index is 12.5. The maximum Gasteiger partial charge on any atom is 0.315 e. The van der Waals surface area contributed by atoms with Gasteiger partial charge in [-0.05, 0) is 53.9 Å². The van der Waals surface area contributed by atoms with Crippen molar-refractivity contribution in [2.75, 3.05) is 6.61 Å². The monoisotopic (exact) mass is 566 g/mol. The minimum atomic E-state index is -0.526. The number of rotatable bonds is 9. The summed E-state index contributed by atoms with van der Waals surface area (Å²) in [7, 11) is 0. The molecule has 8 heteroatoms. The van der Waals surface area contributed by atoms with Gasteiger partial charge in [0.1, 0.15) is 29.7 Å². The summed E-state index contributed by atoms with van der Waals surface area (Å²) in [6.07, 6.45) is 0.134. The van der Waals surface area contributed by atoms with Gasteiger partial charge in [0, 0.05) is 16.7 Å². The molecular formula is C33H27ClN2O5. The quantitative estimate of drug-likeness (QED) is 0.178. The lowest BCUT2D eigenvalue weighted by molar-refractivity contribution is -0.133. The van der Waals surface area contributed by atoms with Gasteiger partial charge in [-0.3, -0.25) is 4.79 Å². The number of hydrogen-bond acceptors (Lipinski definition) is 7. The van der Waals surface area contributed by atoms with E-state index >= 15 is 0 Å². The Morgan fingerprint density at radius 3 is 2.46 bits per heavy atom. The number of halogens is 1. The van der Waals surface area contributed by atoms with Crippen molar-refractivity contribution >= 4 is 17.6 Å². The van der Waals surface area contributed by atoms with Crippen molar-refractivity contribution in [2.45, 2.75) is 25.9 Å². The molecule has 5 rings (SSSR count). The van der Waals surface area contributed by atoms with Gasteiger partial charge in [-0.2, -0.15) is 5.26 Å². The summed E-state index contributed by atoms with van der Waals surface area (Å²) in [4.78, 5) is 12.5. The van der Waals surface area contributed by atoms with Crippen molar-refractivity contribution < 1.29 is 23.7 Å². The van der Waals surface area contributed by atoms with Gasteiger partial charge in [0.15, 0.2) is 11.5 Å². The standard InChI is InChI=1S/C33H27ClN2O5/c1-2-38-30-17-23(10-15-28(30)39-20-22-8-11-24(34)12-9-22)32-26-14-13-25(18-29(26)41-33(36)27(32)19-35)40-31(37)16-21-6-4-3-5-7-21/h3-15,17-18,32H,2,16,20,36H2,1H3. The number of allylic oxidation sites excluding steroid dienone is 1. The van der Waals surface area contributed by atoms with Crippen LogP contribution >= 0.6 is 11.6 Å². The molecule has 0 aliphatic carbocycles. The van der Waals surface area contributed by atoms with Gasteiger partial charge in [-0.1, -0.05) is 66.2 Å². The zero-order chi connectivity index (χ0) is 28.8. The Morgan fingerprint density at radius 1 is 0.951 bits per heavy atom. The van der Waals surface area contributed by atoms with Crippen molar-refractivity contribution in [2.24, 2.45) is 5.73 Å². The number of hydrogen-bond donors (Lipinski definition) is 1. The lowest BCUT2D eigenvalue weighted by Gasteiger charge is -2.27. The van der Waals surface area contributed by atoms with Crippen LogP contribution in [0.25, 0.3) is 0 Å². The van der Waals surface area contributed by atoms with Crippen molar-refractivity contribution in [3.63, 3.8) is 0 Å². The van der Waals surface area contributed by atoms with E-state index in [1.165, 1.54) is 0 Å². The van der Waals surface area contributed by atoms with Gasteiger partial charge in [-0.25, -0.2) is 0 Å². The molecule has 206 valence electrons. The number of benzene rings is 4. The molecule has 1 atom stereocenters. The van der Waals surface area contributed by atoms with Crippen LogP contribution in [0.2, 0.25) is 5.02 Å². The molecule has 0 aromatic heterocycles. The number of carbonyl (C=O) groups excluding carboxylic acids is 1. The number of nitriles is 1. The van der Waals surface area contributed by atoms with E-state index in [4.69, 9.17) is 36.3 Å². The van der Waals surface area contributed by atoms with Crippen LogP contribution in [-0.2, 0) is 17.8 Å². The van der Waals surface area contributed by atoms with E-state index in [1.54, 1.807) is 18.2 Å². The van der Waals surface area contributed by atoms with E-state index in [9.17, 15) is 10.1 Å². The van der Waals surface area contributed by atoms with Gasteiger partial charge < -0.3 is 24.7 Å². The molecular weight excluding hydrogens is 540 g/mol. The molecule has 41 heavy (non-hydrogen) atoms. The highest BCUT2D eigenvalue weighted by Gasteiger charge is 2.32. The van der Waals surface area contributed by atoms with E-state index < -0.39 is 11.9 Å². The van der Waals surface area contributed by atoms with Crippen LogP contribution in [0.4, 0.5) is 0 Å². The summed E-state index contributed by atoms with van der Waals surface area (Å²) in [6.45, 7) is 2.64. The fourth-order valence-electron chi connectivity index (χ4n) is 4.61. The number of carbonyl (C=O) groups is 1. The summed E-state index contributed by atoms with van der Waals surface area (Å²) in [5.74, 6) is 0.875. The molecule has 7 nitrogen and oxygen atoms in total. The van der Waals surface area contributed by atoms with Gasteiger partial charge in [0.05, 0.1) is 18.9 Å². The molecule has 0 amide bonds. The molecule has 0 fully saturated rings. The first-order valence-corrected chi connectivity index (χ1v) is 13.4. The smallest absolute Gasteiger partial charge is 0.315 e. The first-order chi connectivity index (χ1) is 19.9. The van der Waals surface area contributed by atoms with Gasteiger partial charge in [-0.15, -0.1) is 0 Å². The average molecular weight is 567 g/mol. The summed E-state index contributed by atoms with van der Waals surface area (Å²) in [5.41, 5.74) is 9.75. The lowest BCUT2D eigenvalue weighted by atomic mass is 9.83. The van der Waals surface area contributed by atoms with E-state index in [-0.39, 0.29) is 17.9 Å². The van der Waals surface area contributed by atoms with Gasteiger partial charge in [0.25, 0.3) is 0 Å². The summed E-state index contributed by atoms with van der Waals surface area (Å²) >= 11 is 5.99. The molecule has 1 unspecified atom stereocenters. The zero-order valence-corrected chi connectivity index (χ0v) is 23.1. The van der Waals surface area contributed by atoms with Crippen LogP contribution in [-0.4, -0.2) is 12.6 Å². The topological polar surface area (TPSA) is 104 Å². The zero-order valence-electron chi connectivity index (χ0n) is 22.3. The van der Waals surface area contributed by atoms with Crippen molar-refractivity contribution in [1.82, 2.24) is 0 Å². The number of fused-ring (bicyclic) bond motifs is 1. The molecule has 0 radical (unpaired) electrons. The number of ether oxygens (including phenoxy) is 4. The molecule has 4 aromatic rings. The number of nitrogens with zero attached hydrogens (tertiary/aromatic N) is 1. The molecule has 4 aromatic carbocycles. The number of esters is 1. The molecule has 0 saturated heterocycles. The molecule has 1 aliphatic heterocycles. The second-order valence-electron chi connectivity index (χ2n) is 9.32. The van der Waals surface area contributed by atoms with E-state index in [1.807, 2.05) is 79.7 Å². The first kappa shape index (κ1) is 27.6. The molecule has 0 spiro atoms. The molecule has 2 N–H and O–H groups in total. The maximum absolute atomic E-state index is 12.5.